The minimum absolute atomic E-state index is 0.0130. The van der Waals surface area contributed by atoms with E-state index in [1.54, 1.807) is 4.90 Å². The lowest BCUT2D eigenvalue weighted by Gasteiger charge is -2.25. The molecule has 1 saturated carbocycles. The van der Waals surface area contributed by atoms with Gasteiger partial charge in [-0.2, -0.15) is 4.98 Å². The molecule has 8 heteroatoms. The Kier molecular flexibility index (Phi) is 4.45. The molecule has 0 N–H and O–H groups in total. The van der Waals surface area contributed by atoms with Crippen molar-refractivity contribution in [3.05, 3.63) is 40.5 Å². The Hall–Kier alpha value is -2.22. The molecule has 2 atom stereocenters. The van der Waals surface area contributed by atoms with Crippen LogP contribution in [0.15, 0.2) is 33.3 Å². The van der Waals surface area contributed by atoms with Crippen LogP contribution in [-0.2, 0) is 9.59 Å². The molecule has 0 bridgehead atoms. The first-order valence-corrected chi connectivity index (χ1v) is 10.6. The molecule has 5 rings (SSSR count). The summed E-state index contributed by atoms with van der Waals surface area (Å²) in [4.78, 5) is 33.9. The zero-order valence-electron chi connectivity index (χ0n) is 15.4. The van der Waals surface area contributed by atoms with Gasteiger partial charge in [0.05, 0.1) is 5.92 Å². The fraction of sp³-hybridized carbons (Fsp3) is 0.500. The predicted molar refractivity (Wildman–Crippen MR) is 105 cm³/mol. The Morgan fingerprint density at radius 3 is 2.89 bits per heavy atom. The first-order chi connectivity index (χ1) is 13.6. The minimum Gasteiger partial charge on any atom is -0.337 e. The van der Waals surface area contributed by atoms with Crippen molar-refractivity contribution in [2.75, 3.05) is 18.0 Å². The van der Waals surface area contributed by atoms with Crippen LogP contribution in [0.4, 0.5) is 5.69 Å². The molecule has 1 aromatic heterocycles. The Balaban J connectivity index is 1.31. The van der Waals surface area contributed by atoms with Gasteiger partial charge in [0.15, 0.2) is 5.82 Å². The number of aromatic nitrogens is 2. The Morgan fingerprint density at radius 1 is 1.25 bits per heavy atom. The van der Waals surface area contributed by atoms with E-state index in [4.69, 9.17) is 4.52 Å². The molecule has 7 nitrogen and oxygen atoms in total. The topological polar surface area (TPSA) is 79.5 Å². The third-order valence-corrected chi connectivity index (χ3v) is 6.31. The van der Waals surface area contributed by atoms with E-state index in [2.05, 4.69) is 26.1 Å². The van der Waals surface area contributed by atoms with E-state index in [9.17, 15) is 9.59 Å². The molecule has 3 heterocycles. The van der Waals surface area contributed by atoms with Gasteiger partial charge >= 0.3 is 0 Å². The highest BCUT2D eigenvalue weighted by Crippen LogP contribution is 2.40. The van der Waals surface area contributed by atoms with Crippen LogP contribution < -0.4 is 4.90 Å². The van der Waals surface area contributed by atoms with Gasteiger partial charge in [0.1, 0.15) is 6.04 Å². The second-order valence-electron chi connectivity index (χ2n) is 7.84. The van der Waals surface area contributed by atoms with E-state index in [1.165, 1.54) is 0 Å². The van der Waals surface area contributed by atoms with E-state index >= 15 is 0 Å². The molecule has 0 spiro atoms. The maximum absolute atomic E-state index is 13.2. The zero-order valence-corrected chi connectivity index (χ0v) is 17.0. The first-order valence-electron chi connectivity index (χ1n) is 9.80. The Labute approximate surface area is 171 Å². The fourth-order valence-corrected chi connectivity index (χ4v) is 4.57. The zero-order chi connectivity index (χ0) is 19.3. The summed E-state index contributed by atoms with van der Waals surface area (Å²) in [6.45, 7) is 1.08. The number of benzene rings is 1. The smallest absolute Gasteiger partial charge is 0.249 e. The van der Waals surface area contributed by atoms with E-state index in [0.29, 0.717) is 24.9 Å². The third-order valence-electron chi connectivity index (χ3n) is 5.82. The van der Waals surface area contributed by atoms with Gasteiger partial charge in [0.2, 0.25) is 17.7 Å². The highest BCUT2D eigenvalue weighted by molar-refractivity contribution is 9.10. The summed E-state index contributed by atoms with van der Waals surface area (Å²) in [6, 6.07) is 7.45. The van der Waals surface area contributed by atoms with Crippen molar-refractivity contribution in [1.82, 2.24) is 15.0 Å². The van der Waals surface area contributed by atoms with Gasteiger partial charge in [-0.05, 0) is 43.9 Å². The molecule has 3 fully saturated rings. The summed E-state index contributed by atoms with van der Waals surface area (Å²) >= 11 is 3.44. The normalized spacial score (nSPS) is 25.0. The number of likely N-dealkylation sites (tertiary alicyclic amines) is 1. The molecule has 2 saturated heterocycles. The van der Waals surface area contributed by atoms with Gasteiger partial charge in [0.25, 0.3) is 0 Å². The van der Waals surface area contributed by atoms with Gasteiger partial charge in [0, 0.05) is 35.6 Å². The molecule has 2 amide bonds. The minimum atomic E-state index is -0.335. The van der Waals surface area contributed by atoms with Crippen LogP contribution in [0.5, 0.6) is 0 Å². The van der Waals surface area contributed by atoms with Crippen molar-refractivity contribution in [2.24, 2.45) is 5.92 Å². The quantitative estimate of drug-likeness (QED) is 0.721. The van der Waals surface area contributed by atoms with Gasteiger partial charge in [-0.15, -0.1) is 0 Å². The van der Waals surface area contributed by atoms with Crippen molar-refractivity contribution in [3.8, 4) is 0 Å². The standard InChI is InChI=1S/C20H21BrN4O3/c21-14-3-1-4-15(10-14)25-11-13(9-17(25)26)20(27)24-8-2-5-16(24)19-22-18(23-28-19)12-6-7-12/h1,3-4,10,12-13,16H,2,5-9,11H2. The second-order valence-corrected chi connectivity index (χ2v) is 8.76. The number of hydrogen-bond donors (Lipinski definition) is 0. The summed E-state index contributed by atoms with van der Waals surface area (Å²) in [5, 5.41) is 4.10. The molecule has 0 radical (unpaired) electrons. The number of anilines is 1. The van der Waals surface area contributed by atoms with Crippen molar-refractivity contribution in [3.63, 3.8) is 0 Å². The highest BCUT2D eigenvalue weighted by Gasteiger charge is 2.42. The molecule has 3 aliphatic rings. The van der Waals surface area contributed by atoms with Crippen molar-refractivity contribution in [2.45, 2.75) is 44.1 Å². The molecule has 2 unspecified atom stereocenters. The monoisotopic (exact) mass is 444 g/mol. The lowest BCUT2D eigenvalue weighted by atomic mass is 10.1. The number of amides is 2. The second kappa shape index (κ2) is 6.99. The largest absolute Gasteiger partial charge is 0.337 e. The number of carbonyl (C=O) groups is 2. The van der Waals surface area contributed by atoms with Gasteiger partial charge in [-0.1, -0.05) is 27.2 Å². The lowest BCUT2D eigenvalue weighted by molar-refractivity contribution is -0.137. The van der Waals surface area contributed by atoms with E-state index < -0.39 is 0 Å². The molecule has 2 aromatic rings. The summed E-state index contributed by atoms with van der Waals surface area (Å²) in [7, 11) is 0. The van der Waals surface area contributed by atoms with Crippen molar-refractivity contribution in [1.29, 1.82) is 0 Å². The average Bonchev–Trinajstić information content (AvgIpc) is 3.10. The van der Waals surface area contributed by atoms with Gasteiger partial charge < -0.3 is 14.3 Å². The molecule has 1 aliphatic carbocycles. The molecule has 146 valence electrons. The maximum Gasteiger partial charge on any atom is 0.249 e. The Bertz CT molecular complexity index is 926. The van der Waals surface area contributed by atoms with Gasteiger partial charge in [-0.3, -0.25) is 9.59 Å². The van der Waals surface area contributed by atoms with Crippen LogP contribution in [-0.4, -0.2) is 39.9 Å². The lowest BCUT2D eigenvalue weighted by Crippen LogP contribution is -2.37. The SMILES string of the molecule is O=C1CC(C(=O)N2CCCC2c2nc(C3CC3)no2)CN1c1cccc(Br)c1. The van der Waals surface area contributed by atoms with Crippen LogP contribution in [0.3, 0.4) is 0 Å². The van der Waals surface area contributed by atoms with E-state index in [-0.39, 0.29) is 30.2 Å². The summed E-state index contributed by atoms with van der Waals surface area (Å²) in [5.74, 6) is 1.40. The highest BCUT2D eigenvalue weighted by atomic mass is 79.9. The molecular weight excluding hydrogens is 424 g/mol. The summed E-state index contributed by atoms with van der Waals surface area (Å²) < 4.78 is 6.39. The van der Waals surface area contributed by atoms with Crippen LogP contribution in [0.2, 0.25) is 0 Å². The predicted octanol–water partition coefficient (Wildman–Crippen LogP) is 3.43. The summed E-state index contributed by atoms with van der Waals surface area (Å²) in [5.41, 5.74) is 0.818. The van der Waals surface area contributed by atoms with E-state index in [0.717, 1.165) is 41.7 Å². The fourth-order valence-electron chi connectivity index (χ4n) is 4.18. The van der Waals surface area contributed by atoms with E-state index in [1.807, 2.05) is 29.2 Å². The first kappa shape index (κ1) is 17.8. The third kappa shape index (κ3) is 3.23. The molecular formula is C20H21BrN4O3. The number of halogens is 1. The number of rotatable bonds is 4. The van der Waals surface area contributed by atoms with Crippen LogP contribution in [0.1, 0.15) is 55.8 Å². The number of carbonyl (C=O) groups excluding carboxylic acids is 2. The van der Waals surface area contributed by atoms with Crippen molar-refractivity contribution >= 4 is 33.4 Å². The molecule has 1 aromatic carbocycles. The molecule has 2 aliphatic heterocycles. The molecule has 28 heavy (non-hydrogen) atoms. The van der Waals surface area contributed by atoms with Crippen LogP contribution in [0.25, 0.3) is 0 Å². The summed E-state index contributed by atoms with van der Waals surface area (Å²) in [6.07, 6.45) is 4.21. The Morgan fingerprint density at radius 2 is 2.11 bits per heavy atom. The van der Waals surface area contributed by atoms with Crippen LogP contribution in [0, 0.1) is 5.92 Å². The van der Waals surface area contributed by atoms with Gasteiger partial charge in [-0.25, -0.2) is 0 Å². The van der Waals surface area contributed by atoms with Crippen LogP contribution >= 0.6 is 15.9 Å². The maximum atomic E-state index is 13.2. The van der Waals surface area contributed by atoms with Crippen molar-refractivity contribution < 1.29 is 14.1 Å². The average molecular weight is 445 g/mol. The number of hydrogen-bond acceptors (Lipinski definition) is 5. The number of nitrogens with zero attached hydrogens (tertiary/aromatic N) is 4.